The molecule has 0 aromatic carbocycles. The molecule has 98 valence electrons. The van der Waals surface area contributed by atoms with Gasteiger partial charge < -0.3 is 15.7 Å². The fourth-order valence-electron chi connectivity index (χ4n) is 3.36. The van der Waals surface area contributed by atoms with Crippen molar-refractivity contribution in [1.82, 2.24) is 4.90 Å². The lowest BCUT2D eigenvalue weighted by molar-refractivity contribution is -0.137. The molecule has 17 heavy (non-hydrogen) atoms. The van der Waals surface area contributed by atoms with Crippen LogP contribution >= 0.6 is 0 Å². The molecule has 4 heteroatoms. The predicted octanol–water partition coefficient (Wildman–Crippen LogP) is 1.02. The lowest BCUT2D eigenvalue weighted by atomic mass is 9.98. The largest absolute Gasteiger partial charge is 0.393 e. The Bertz CT molecular complexity index is 269. The Morgan fingerprint density at radius 3 is 2.53 bits per heavy atom. The maximum absolute atomic E-state index is 12.2. The Balaban J connectivity index is 1.92. The molecule has 0 aromatic heterocycles. The first-order chi connectivity index (χ1) is 8.11. The van der Waals surface area contributed by atoms with E-state index in [1.54, 1.807) is 0 Å². The number of fused-ring (bicyclic) bond motifs is 2. The predicted molar refractivity (Wildman–Crippen MR) is 66.4 cm³/mol. The first kappa shape index (κ1) is 12.8. The summed E-state index contributed by atoms with van der Waals surface area (Å²) in [5.74, 6) is 0.199. The Kier molecular flexibility index (Phi) is 4.05. The summed E-state index contributed by atoms with van der Waals surface area (Å²) in [5.41, 5.74) is 5.93. The van der Waals surface area contributed by atoms with Crippen LogP contribution in [0, 0.1) is 0 Å². The number of piperidine rings is 1. The highest BCUT2D eigenvalue weighted by molar-refractivity contribution is 5.78. The maximum atomic E-state index is 12.2. The number of carbonyl (C=O) groups excluding carboxylic acids is 1. The van der Waals surface area contributed by atoms with E-state index in [0.29, 0.717) is 6.42 Å². The third-order valence-corrected chi connectivity index (χ3v) is 4.09. The van der Waals surface area contributed by atoms with Crippen LogP contribution < -0.4 is 5.73 Å². The maximum Gasteiger partial charge on any atom is 0.224 e. The van der Waals surface area contributed by atoms with Crippen LogP contribution in [0.5, 0.6) is 0 Å². The summed E-state index contributed by atoms with van der Waals surface area (Å²) in [4.78, 5) is 14.2. The van der Waals surface area contributed by atoms with Crippen molar-refractivity contribution in [2.75, 3.05) is 0 Å². The molecular formula is C13H24N2O2. The number of amides is 1. The SMILES string of the molecule is CCCC(N)CC(=O)N1C2CCC1CC(O)C2. The Morgan fingerprint density at radius 1 is 1.41 bits per heavy atom. The average molecular weight is 240 g/mol. The molecule has 0 radical (unpaired) electrons. The summed E-state index contributed by atoms with van der Waals surface area (Å²) < 4.78 is 0. The van der Waals surface area contributed by atoms with Crippen LogP contribution in [0.1, 0.15) is 51.9 Å². The van der Waals surface area contributed by atoms with Gasteiger partial charge in [0, 0.05) is 24.5 Å². The Morgan fingerprint density at radius 2 is 2.00 bits per heavy atom. The van der Waals surface area contributed by atoms with Crippen LogP contribution in [0.3, 0.4) is 0 Å². The van der Waals surface area contributed by atoms with Crippen molar-refractivity contribution in [1.29, 1.82) is 0 Å². The average Bonchev–Trinajstić information content (AvgIpc) is 2.51. The zero-order chi connectivity index (χ0) is 12.4. The number of hydrogen-bond donors (Lipinski definition) is 2. The minimum absolute atomic E-state index is 0.00116. The van der Waals surface area contributed by atoms with Gasteiger partial charge in [0.05, 0.1) is 6.10 Å². The van der Waals surface area contributed by atoms with Crippen molar-refractivity contribution in [3.8, 4) is 0 Å². The lowest BCUT2D eigenvalue weighted by Crippen LogP contribution is -2.49. The van der Waals surface area contributed by atoms with Crippen molar-refractivity contribution in [2.45, 2.75) is 76.1 Å². The van der Waals surface area contributed by atoms with E-state index in [1.165, 1.54) is 0 Å². The number of rotatable bonds is 4. The topological polar surface area (TPSA) is 66.6 Å². The molecule has 2 rings (SSSR count). The molecule has 2 bridgehead atoms. The van der Waals surface area contributed by atoms with Crippen molar-refractivity contribution in [3.05, 3.63) is 0 Å². The van der Waals surface area contributed by atoms with E-state index in [4.69, 9.17) is 5.73 Å². The molecule has 3 unspecified atom stereocenters. The number of nitrogens with two attached hydrogens (primary N) is 1. The first-order valence-corrected chi connectivity index (χ1v) is 6.86. The van der Waals surface area contributed by atoms with Gasteiger partial charge in [0.2, 0.25) is 5.91 Å². The van der Waals surface area contributed by atoms with E-state index >= 15 is 0 Å². The van der Waals surface area contributed by atoms with E-state index in [1.807, 2.05) is 4.90 Å². The van der Waals surface area contributed by atoms with Crippen LogP contribution in [-0.2, 0) is 4.79 Å². The van der Waals surface area contributed by atoms with E-state index in [0.717, 1.165) is 38.5 Å². The van der Waals surface area contributed by atoms with E-state index in [-0.39, 0.29) is 30.1 Å². The van der Waals surface area contributed by atoms with Crippen LogP contribution in [0.15, 0.2) is 0 Å². The highest BCUT2D eigenvalue weighted by Crippen LogP contribution is 2.36. The minimum atomic E-state index is -0.208. The highest BCUT2D eigenvalue weighted by atomic mass is 16.3. The monoisotopic (exact) mass is 240 g/mol. The lowest BCUT2D eigenvalue weighted by Gasteiger charge is -2.37. The standard InChI is InChI=1S/C13H24N2O2/c1-2-3-9(14)6-13(17)15-10-4-5-11(15)8-12(16)7-10/h9-12,16H,2-8,14H2,1H3. The second kappa shape index (κ2) is 5.36. The Labute approximate surface area is 103 Å². The second-order valence-corrected chi connectivity index (χ2v) is 5.56. The van der Waals surface area contributed by atoms with E-state index < -0.39 is 0 Å². The molecule has 2 heterocycles. The van der Waals surface area contributed by atoms with Crippen LogP contribution in [0.25, 0.3) is 0 Å². The summed E-state index contributed by atoms with van der Waals surface area (Å²) in [6.45, 7) is 2.09. The van der Waals surface area contributed by atoms with Gasteiger partial charge >= 0.3 is 0 Å². The summed E-state index contributed by atoms with van der Waals surface area (Å²) in [7, 11) is 0. The number of aliphatic hydroxyl groups excluding tert-OH is 1. The highest BCUT2D eigenvalue weighted by Gasteiger charge is 2.42. The van der Waals surface area contributed by atoms with Gasteiger partial charge in [0.15, 0.2) is 0 Å². The number of nitrogens with zero attached hydrogens (tertiary/aromatic N) is 1. The van der Waals surface area contributed by atoms with Gasteiger partial charge in [-0.05, 0) is 32.1 Å². The molecule has 1 amide bonds. The van der Waals surface area contributed by atoms with Gasteiger partial charge in [-0.25, -0.2) is 0 Å². The number of hydrogen-bond acceptors (Lipinski definition) is 3. The molecule has 0 spiro atoms. The van der Waals surface area contributed by atoms with Crippen molar-refractivity contribution < 1.29 is 9.90 Å². The fourth-order valence-corrected chi connectivity index (χ4v) is 3.36. The zero-order valence-electron chi connectivity index (χ0n) is 10.6. The van der Waals surface area contributed by atoms with Crippen LogP contribution in [0.4, 0.5) is 0 Å². The summed E-state index contributed by atoms with van der Waals surface area (Å²) >= 11 is 0. The molecule has 2 aliphatic heterocycles. The summed E-state index contributed by atoms with van der Waals surface area (Å²) in [6, 6.07) is 0.536. The van der Waals surface area contributed by atoms with Gasteiger partial charge in [-0.2, -0.15) is 0 Å². The molecule has 2 aliphatic rings. The molecule has 0 saturated carbocycles. The third kappa shape index (κ3) is 2.80. The molecular weight excluding hydrogens is 216 g/mol. The molecule has 3 N–H and O–H groups in total. The molecule has 2 fully saturated rings. The van der Waals surface area contributed by atoms with Gasteiger partial charge in [0.25, 0.3) is 0 Å². The van der Waals surface area contributed by atoms with Gasteiger partial charge in [0.1, 0.15) is 0 Å². The summed E-state index contributed by atoms with van der Waals surface area (Å²) in [5, 5.41) is 9.69. The fraction of sp³-hybridized carbons (Fsp3) is 0.923. The van der Waals surface area contributed by atoms with Crippen LogP contribution in [0.2, 0.25) is 0 Å². The Hall–Kier alpha value is -0.610. The molecule has 0 aliphatic carbocycles. The van der Waals surface area contributed by atoms with Crippen molar-refractivity contribution in [2.24, 2.45) is 5.73 Å². The van der Waals surface area contributed by atoms with Crippen molar-refractivity contribution >= 4 is 5.91 Å². The van der Waals surface area contributed by atoms with Crippen molar-refractivity contribution in [3.63, 3.8) is 0 Å². The number of aliphatic hydroxyl groups is 1. The van der Waals surface area contributed by atoms with Gasteiger partial charge in [-0.3, -0.25) is 4.79 Å². The minimum Gasteiger partial charge on any atom is -0.393 e. The van der Waals surface area contributed by atoms with E-state index in [2.05, 4.69) is 6.92 Å². The van der Waals surface area contributed by atoms with Gasteiger partial charge in [-0.1, -0.05) is 13.3 Å². The number of carbonyl (C=O) groups is 1. The van der Waals surface area contributed by atoms with Crippen LogP contribution in [-0.4, -0.2) is 40.1 Å². The second-order valence-electron chi connectivity index (χ2n) is 5.56. The molecule has 0 aromatic rings. The normalized spacial score (nSPS) is 33.8. The zero-order valence-corrected chi connectivity index (χ0v) is 10.6. The van der Waals surface area contributed by atoms with E-state index in [9.17, 15) is 9.90 Å². The quantitative estimate of drug-likeness (QED) is 0.771. The molecule has 2 saturated heterocycles. The third-order valence-electron chi connectivity index (χ3n) is 4.09. The van der Waals surface area contributed by atoms with Gasteiger partial charge in [-0.15, -0.1) is 0 Å². The molecule has 3 atom stereocenters. The summed E-state index contributed by atoms with van der Waals surface area (Å²) in [6.07, 6.45) is 5.82. The first-order valence-electron chi connectivity index (χ1n) is 6.86. The molecule has 4 nitrogen and oxygen atoms in total. The smallest absolute Gasteiger partial charge is 0.224 e.